The molecule has 0 aromatic carbocycles. The van der Waals surface area contributed by atoms with E-state index < -0.39 is 12.0 Å². The van der Waals surface area contributed by atoms with Gasteiger partial charge in [0.05, 0.1) is 24.1 Å². The molecule has 2 unspecified atom stereocenters. The largest absolute Gasteiger partial charge is 0.480 e. The van der Waals surface area contributed by atoms with Crippen molar-refractivity contribution in [2.45, 2.75) is 44.7 Å². The number of nitrogens with zero attached hydrogens (tertiary/aromatic N) is 2. The first-order valence-electron chi connectivity index (χ1n) is 7.83. The maximum atomic E-state index is 12.5. The van der Waals surface area contributed by atoms with E-state index in [1.807, 2.05) is 4.68 Å². The lowest BCUT2D eigenvalue weighted by atomic mass is 9.93. The third-order valence-corrected chi connectivity index (χ3v) is 4.45. The van der Waals surface area contributed by atoms with E-state index in [-0.39, 0.29) is 11.8 Å². The van der Waals surface area contributed by atoms with Crippen molar-refractivity contribution in [3.63, 3.8) is 0 Å². The molecule has 2 atom stereocenters. The molecular weight excluding hydrogens is 286 g/mol. The minimum atomic E-state index is -1.01. The van der Waals surface area contributed by atoms with Crippen LogP contribution in [-0.2, 0) is 22.5 Å². The summed E-state index contributed by atoms with van der Waals surface area (Å²) in [6.07, 6.45) is 6.04. The second-order valence-electron chi connectivity index (χ2n) is 5.95. The van der Waals surface area contributed by atoms with Gasteiger partial charge in [0, 0.05) is 19.1 Å². The average Bonchev–Trinajstić information content (AvgIpc) is 2.97. The van der Waals surface area contributed by atoms with E-state index in [9.17, 15) is 14.7 Å². The molecule has 3 heterocycles. The number of amides is 1. The Hall–Kier alpha value is -1.89. The molecule has 22 heavy (non-hydrogen) atoms. The molecule has 3 rings (SSSR count). The highest BCUT2D eigenvalue weighted by Crippen LogP contribution is 2.21. The first kappa shape index (κ1) is 15.0. The lowest BCUT2D eigenvalue weighted by Crippen LogP contribution is -2.48. The van der Waals surface area contributed by atoms with E-state index in [2.05, 4.69) is 10.4 Å². The molecule has 0 bridgehead atoms. The number of carboxylic acid groups (broad SMARTS) is 1. The van der Waals surface area contributed by atoms with Gasteiger partial charge >= 0.3 is 5.97 Å². The molecule has 1 aromatic heterocycles. The number of aryl methyl sites for hydroxylation is 1. The van der Waals surface area contributed by atoms with Crippen molar-refractivity contribution < 1.29 is 19.4 Å². The number of carbonyl (C=O) groups excluding carboxylic acids is 1. The Morgan fingerprint density at radius 2 is 2.27 bits per heavy atom. The molecule has 1 aromatic rings. The van der Waals surface area contributed by atoms with Gasteiger partial charge in [0.15, 0.2) is 0 Å². The number of aliphatic carboxylic acids is 1. The van der Waals surface area contributed by atoms with Gasteiger partial charge < -0.3 is 15.2 Å². The SMILES string of the molecule is O=C(NC(C(=O)O)C1CCCOC1)c1cnn2c1CCCC2. The summed E-state index contributed by atoms with van der Waals surface area (Å²) in [6, 6.07) is -0.910. The number of fused-ring (bicyclic) bond motifs is 1. The van der Waals surface area contributed by atoms with E-state index in [0.29, 0.717) is 18.8 Å². The highest BCUT2D eigenvalue weighted by molar-refractivity contribution is 5.97. The van der Waals surface area contributed by atoms with Gasteiger partial charge in [0.2, 0.25) is 0 Å². The Morgan fingerprint density at radius 1 is 1.41 bits per heavy atom. The maximum Gasteiger partial charge on any atom is 0.326 e. The molecule has 1 amide bonds. The van der Waals surface area contributed by atoms with Crippen molar-refractivity contribution in [2.24, 2.45) is 5.92 Å². The highest BCUT2D eigenvalue weighted by atomic mass is 16.5. The lowest BCUT2D eigenvalue weighted by molar-refractivity contribution is -0.142. The van der Waals surface area contributed by atoms with Gasteiger partial charge in [-0.2, -0.15) is 5.10 Å². The van der Waals surface area contributed by atoms with Crippen molar-refractivity contribution in [1.29, 1.82) is 0 Å². The molecule has 1 saturated heterocycles. The van der Waals surface area contributed by atoms with Crippen LogP contribution in [0.25, 0.3) is 0 Å². The molecule has 0 aliphatic carbocycles. The summed E-state index contributed by atoms with van der Waals surface area (Å²) in [5.74, 6) is -1.53. The zero-order valence-electron chi connectivity index (χ0n) is 12.5. The van der Waals surface area contributed by atoms with Crippen LogP contribution in [-0.4, -0.2) is 46.0 Å². The fourth-order valence-corrected chi connectivity index (χ4v) is 3.24. The highest BCUT2D eigenvalue weighted by Gasteiger charge is 2.32. The van der Waals surface area contributed by atoms with Gasteiger partial charge in [0.1, 0.15) is 6.04 Å². The Kier molecular flexibility index (Phi) is 4.42. The smallest absolute Gasteiger partial charge is 0.326 e. The third-order valence-electron chi connectivity index (χ3n) is 4.45. The first-order chi connectivity index (χ1) is 10.7. The average molecular weight is 307 g/mol. The van der Waals surface area contributed by atoms with Crippen LogP contribution >= 0.6 is 0 Å². The standard InChI is InChI=1S/C15H21N3O4/c19-14(11-8-16-18-6-2-1-5-12(11)18)17-13(15(20)21)10-4-3-7-22-9-10/h8,10,13H,1-7,9H2,(H,17,19)(H,20,21). The summed E-state index contributed by atoms with van der Waals surface area (Å²) < 4.78 is 7.19. The van der Waals surface area contributed by atoms with Gasteiger partial charge in [-0.15, -0.1) is 0 Å². The van der Waals surface area contributed by atoms with Crippen LogP contribution in [0.3, 0.4) is 0 Å². The minimum absolute atomic E-state index is 0.179. The predicted octanol–water partition coefficient (Wildman–Crippen LogP) is 0.829. The van der Waals surface area contributed by atoms with Crippen LogP contribution in [0.1, 0.15) is 41.7 Å². The Labute approximate surface area is 128 Å². The van der Waals surface area contributed by atoms with Gasteiger partial charge in [-0.05, 0) is 32.1 Å². The van der Waals surface area contributed by atoms with Crippen LogP contribution < -0.4 is 5.32 Å². The van der Waals surface area contributed by atoms with E-state index in [1.165, 1.54) is 0 Å². The first-order valence-corrected chi connectivity index (χ1v) is 7.83. The minimum Gasteiger partial charge on any atom is -0.480 e. The van der Waals surface area contributed by atoms with Crippen molar-refractivity contribution in [3.8, 4) is 0 Å². The van der Waals surface area contributed by atoms with Crippen molar-refractivity contribution in [1.82, 2.24) is 15.1 Å². The van der Waals surface area contributed by atoms with Crippen LogP contribution in [0.4, 0.5) is 0 Å². The van der Waals surface area contributed by atoms with Crippen molar-refractivity contribution >= 4 is 11.9 Å². The summed E-state index contributed by atoms with van der Waals surface area (Å²) in [5.41, 5.74) is 1.41. The number of carboxylic acids is 1. The molecule has 0 radical (unpaired) electrons. The number of hydrogen-bond donors (Lipinski definition) is 2. The number of rotatable bonds is 4. The lowest BCUT2D eigenvalue weighted by Gasteiger charge is -2.28. The van der Waals surface area contributed by atoms with E-state index in [0.717, 1.165) is 44.3 Å². The summed E-state index contributed by atoms with van der Waals surface area (Å²) in [7, 11) is 0. The molecule has 7 nitrogen and oxygen atoms in total. The van der Waals surface area contributed by atoms with Crippen LogP contribution in [0.15, 0.2) is 6.20 Å². The molecule has 2 aliphatic rings. The molecule has 1 fully saturated rings. The topological polar surface area (TPSA) is 93.5 Å². The molecule has 2 N–H and O–H groups in total. The zero-order valence-corrected chi connectivity index (χ0v) is 12.5. The number of nitrogens with one attached hydrogen (secondary N) is 1. The van der Waals surface area contributed by atoms with Gasteiger partial charge in [-0.1, -0.05) is 0 Å². The number of aromatic nitrogens is 2. The van der Waals surface area contributed by atoms with Crippen LogP contribution in [0.5, 0.6) is 0 Å². The second kappa shape index (κ2) is 6.48. The zero-order chi connectivity index (χ0) is 15.5. The van der Waals surface area contributed by atoms with Crippen molar-refractivity contribution in [2.75, 3.05) is 13.2 Å². The fourth-order valence-electron chi connectivity index (χ4n) is 3.24. The van der Waals surface area contributed by atoms with Crippen LogP contribution in [0.2, 0.25) is 0 Å². The molecule has 2 aliphatic heterocycles. The third kappa shape index (κ3) is 2.99. The fraction of sp³-hybridized carbons (Fsp3) is 0.667. The molecule has 7 heteroatoms. The van der Waals surface area contributed by atoms with Crippen molar-refractivity contribution in [3.05, 3.63) is 17.5 Å². The predicted molar refractivity (Wildman–Crippen MR) is 77.6 cm³/mol. The molecule has 120 valence electrons. The summed E-state index contributed by atoms with van der Waals surface area (Å²) in [5, 5.41) is 16.3. The number of ether oxygens (including phenoxy) is 1. The van der Waals surface area contributed by atoms with Gasteiger partial charge in [-0.3, -0.25) is 9.48 Å². The Morgan fingerprint density at radius 3 is 3.00 bits per heavy atom. The molecule has 0 saturated carbocycles. The summed E-state index contributed by atoms with van der Waals surface area (Å²) in [4.78, 5) is 24.0. The second-order valence-corrected chi connectivity index (χ2v) is 5.95. The van der Waals surface area contributed by atoms with E-state index in [1.54, 1.807) is 6.20 Å². The van der Waals surface area contributed by atoms with Gasteiger partial charge in [0.25, 0.3) is 5.91 Å². The van der Waals surface area contributed by atoms with E-state index in [4.69, 9.17) is 4.74 Å². The normalized spacial score (nSPS) is 22.6. The Bertz CT molecular complexity index is 563. The Balaban J connectivity index is 1.73. The van der Waals surface area contributed by atoms with E-state index >= 15 is 0 Å². The summed E-state index contributed by atoms with van der Waals surface area (Å²) in [6.45, 7) is 1.86. The molecular formula is C15H21N3O4. The monoisotopic (exact) mass is 307 g/mol. The number of carbonyl (C=O) groups is 2. The number of hydrogen-bond acceptors (Lipinski definition) is 4. The van der Waals surface area contributed by atoms with Gasteiger partial charge in [-0.25, -0.2) is 4.79 Å². The van der Waals surface area contributed by atoms with Crippen LogP contribution in [0, 0.1) is 5.92 Å². The summed E-state index contributed by atoms with van der Waals surface area (Å²) >= 11 is 0. The maximum absolute atomic E-state index is 12.5. The quantitative estimate of drug-likeness (QED) is 0.859. The molecule has 0 spiro atoms.